The fraction of sp³-hybridized carbons (Fsp3) is 0. The average Bonchev–Trinajstić information content (AvgIpc) is 3.73. The Morgan fingerprint density at radius 3 is 1.69 bits per heavy atom. The molecule has 0 unspecified atom stereocenters. The number of hydrogen-bond acceptors (Lipinski definition) is 3. The zero-order chi connectivity index (χ0) is 32.3. The van der Waals surface area contributed by atoms with Gasteiger partial charge in [0.1, 0.15) is 0 Å². The summed E-state index contributed by atoms with van der Waals surface area (Å²) in [6.45, 7) is 0. The Bertz CT molecular complexity index is 2810. The number of rotatable bonds is 5. The van der Waals surface area contributed by atoms with E-state index in [4.69, 9.17) is 0 Å². The van der Waals surface area contributed by atoms with Gasteiger partial charge in [-0.2, -0.15) is 0 Å². The van der Waals surface area contributed by atoms with Gasteiger partial charge in [-0.1, -0.05) is 121 Å². The van der Waals surface area contributed by atoms with Crippen molar-refractivity contribution in [1.82, 2.24) is 0 Å². The summed E-state index contributed by atoms with van der Waals surface area (Å²) in [5.41, 5.74) is 8.36. The molecule has 0 N–H and O–H groups in total. The molecule has 49 heavy (non-hydrogen) atoms. The second kappa shape index (κ2) is 11.5. The molecule has 0 aliphatic carbocycles. The van der Waals surface area contributed by atoms with E-state index in [1.807, 2.05) is 22.7 Å². The van der Waals surface area contributed by atoms with Crippen LogP contribution in [-0.2, 0) is 0 Å². The van der Waals surface area contributed by atoms with Gasteiger partial charge in [-0.25, -0.2) is 0 Å². The van der Waals surface area contributed by atoms with Gasteiger partial charge < -0.3 is 4.90 Å². The third-order valence-electron chi connectivity index (χ3n) is 9.67. The molecule has 0 aliphatic heterocycles. The summed E-state index contributed by atoms with van der Waals surface area (Å²) in [5.74, 6) is 0. The molecule has 0 saturated heterocycles. The minimum atomic E-state index is 1.13. The van der Waals surface area contributed by atoms with Crippen molar-refractivity contribution in [3.05, 3.63) is 176 Å². The standard InChI is InChI=1S/C46H29NS2/c1-2-10-30(11-3-1)31-20-24-34(25-21-31)47(42-17-8-12-33-28-41-38-14-5-6-18-43(38)48-45(41)29-40(33)42)35-26-22-32(23-27-35)36-15-9-16-39-37-13-4-7-19-44(37)49-46(36)39/h1-29H. The quantitative estimate of drug-likeness (QED) is 0.178. The van der Waals surface area contributed by atoms with E-state index in [9.17, 15) is 0 Å². The minimum absolute atomic E-state index is 1.13. The van der Waals surface area contributed by atoms with Crippen molar-refractivity contribution in [1.29, 1.82) is 0 Å². The van der Waals surface area contributed by atoms with E-state index in [0.717, 1.165) is 11.4 Å². The SMILES string of the molecule is c1ccc(-c2ccc(N(c3ccc(-c4cccc5c4sc4ccccc45)cc3)c3cccc4cc5c(cc34)sc3ccccc35)cc2)cc1. The van der Waals surface area contributed by atoms with Crippen molar-refractivity contribution in [3.63, 3.8) is 0 Å². The summed E-state index contributed by atoms with van der Waals surface area (Å²) in [5, 5.41) is 7.79. The summed E-state index contributed by atoms with van der Waals surface area (Å²) in [7, 11) is 0. The lowest BCUT2D eigenvalue weighted by molar-refractivity contribution is 1.30. The molecule has 0 fully saturated rings. The fourth-order valence-corrected chi connectivity index (χ4v) is 9.67. The Kier molecular flexibility index (Phi) is 6.61. The van der Waals surface area contributed by atoms with Crippen LogP contribution < -0.4 is 4.90 Å². The summed E-state index contributed by atoms with van der Waals surface area (Å²) < 4.78 is 5.31. The Morgan fingerprint density at radius 2 is 0.939 bits per heavy atom. The zero-order valence-corrected chi connectivity index (χ0v) is 28.1. The van der Waals surface area contributed by atoms with Crippen molar-refractivity contribution >= 4 is 90.9 Å². The smallest absolute Gasteiger partial charge is 0.0540 e. The maximum absolute atomic E-state index is 2.42. The molecular weight excluding hydrogens is 631 g/mol. The van der Waals surface area contributed by atoms with Crippen LogP contribution in [0.2, 0.25) is 0 Å². The van der Waals surface area contributed by atoms with Gasteiger partial charge in [-0.15, -0.1) is 22.7 Å². The summed E-state index contributed by atoms with van der Waals surface area (Å²) >= 11 is 3.75. The van der Waals surface area contributed by atoms with Crippen LogP contribution in [0.1, 0.15) is 0 Å². The first-order valence-corrected chi connectivity index (χ1v) is 18.2. The van der Waals surface area contributed by atoms with Crippen LogP contribution in [0.4, 0.5) is 17.1 Å². The zero-order valence-electron chi connectivity index (χ0n) is 26.5. The van der Waals surface area contributed by atoms with Gasteiger partial charge in [0, 0.05) is 57.1 Å². The third-order valence-corrected chi connectivity index (χ3v) is 12.0. The summed E-state index contributed by atoms with van der Waals surface area (Å²) in [6, 6.07) is 64.4. The van der Waals surface area contributed by atoms with Crippen LogP contribution in [0.25, 0.3) is 73.4 Å². The van der Waals surface area contributed by atoms with Crippen molar-refractivity contribution < 1.29 is 0 Å². The van der Waals surface area contributed by atoms with Gasteiger partial charge in [0.05, 0.1) is 5.69 Å². The lowest BCUT2D eigenvalue weighted by atomic mass is 10.0. The predicted octanol–water partition coefficient (Wildman–Crippen LogP) is 14.4. The molecule has 2 aromatic heterocycles. The van der Waals surface area contributed by atoms with Crippen molar-refractivity contribution in [3.8, 4) is 22.3 Å². The molecule has 8 aromatic carbocycles. The monoisotopic (exact) mass is 659 g/mol. The third kappa shape index (κ3) is 4.74. The lowest BCUT2D eigenvalue weighted by Crippen LogP contribution is -2.10. The van der Waals surface area contributed by atoms with E-state index >= 15 is 0 Å². The van der Waals surface area contributed by atoms with Crippen molar-refractivity contribution in [2.75, 3.05) is 4.90 Å². The van der Waals surface area contributed by atoms with Crippen LogP contribution in [0, 0.1) is 0 Å². The number of thiophene rings is 2. The Balaban J connectivity index is 1.14. The molecule has 10 rings (SSSR count). The second-order valence-corrected chi connectivity index (χ2v) is 14.7. The second-order valence-electron chi connectivity index (χ2n) is 12.5. The van der Waals surface area contributed by atoms with Gasteiger partial charge in [0.25, 0.3) is 0 Å². The van der Waals surface area contributed by atoms with Gasteiger partial charge in [-0.3, -0.25) is 0 Å². The lowest BCUT2D eigenvalue weighted by Gasteiger charge is -2.27. The molecule has 2 heterocycles. The number of benzene rings is 8. The van der Waals surface area contributed by atoms with Crippen molar-refractivity contribution in [2.45, 2.75) is 0 Å². The molecule has 0 atom stereocenters. The van der Waals surface area contributed by atoms with Gasteiger partial charge in [0.15, 0.2) is 0 Å². The van der Waals surface area contributed by atoms with E-state index < -0.39 is 0 Å². The highest BCUT2D eigenvalue weighted by molar-refractivity contribution is 7.26. The van der Waals surface area contributed by atoms with Gasteiger partial charge in [-0.05, 0) is 82.2 Å². The molecule has 0 bridgehead atoms. The van der Waals surface area contributed by atoms with Crippen LogP contribution in [-0.4, -0.2) is 0 Å². The molecule has 10 aromatic rings. The van der Waals surface area contributed by atoms with Crippen LogP contribution >= 0.6 is 22.7 Å². The number of anilines is 3. The minimum Gasteiger partial charge on any atom is -0.310 e. The molecule has 0 spiro atoms. The topological polar surface area (TPSA) is 3.24 Å². The Labute approximate surface area is 292 Å². The molecule has 230 valence electrons. The van der Waals surface area contributed by atoms with Crippen LogP contribution in [0.15, 0.2) is 176 Å². The molecule has 0 amide bonds. The van der Waals surface area contributed by atoms with Crippen molar-refractivity contribution in [2.24, 2.45) is 0 Å². The summed E-state index contributed by atoms with van der Waals surface area (Å²) in [6.07, 6.45) is 0. The van der Waals surface area contributed by atoms with E-state index in [1.54, 1.807) is 0 Å². The number of hydrogen-bond donors (Lipinski definition) is 0. The van der Waals surface area contributed by atoms with Crippen LogP contribution in [0.3, 0.4) is 0 Å². The predicted molar refractivity (Wildman–Crippen MR) is 215 cm³/mol. The highest BCUT2D eigenvalue weighted by Crippen LogP contribution is 2.45. The maximum Gasteiger partial charge on any atom is 0.0540 e. The van der Waals surface area contributed by atoms with E-state index in [-0.39, 0.29) is 0 Å². The number of fused-ring (bicyclic) bond motifs is 7. The van der Waals surface area contributed by atoms with Gasteiger partial charge >= 0.3 is 0 Å². The average molecular weight is 660 g/mol. The molecule has 3 heteroatoms. The van der Waals surface area contributed by atoms with E-state index in [0.29, 0.717) is 0 Å². The molecule has 0 saturated carbocycles. The highest BCUT2D eigenvalue weighted by Gasteiger charge is 2.18. The largest absolute Gasteiger partial charge is 0.310 e. The first kappa shape index (κ1) is 28.3. The Morgan fingerprint density at radius 1 is 0.347 bits per heavy atom. The molecule has 0 aliphatic rings. The summed E-state index contributed by atoms with van der Waals surface area (Å²) in [4.78, 5) is 2.42. The fourth-order valence-electron chi connectivity index (χ4n) is 7.30. The van der Waals surface area contributed by atoms with Crippen LogP contribution in [0.5, 0.6) is 0 Å². The Hall–Kier alpha value is -5.74. The maximum atomic E-state index is 2.42. The highest BCUT2D eigenvalue weighted by atomic mass is 32.1. The van der Waals surface area contributed by atoms with E-state index in [1.165, 1.54) is 79.1 Å². The van der Waals surface area contributed by atoms with E-state index in [2.05, 4.69) is 181 Å². The van der Waals surface area contributed by atoms with Gasteiger partial charge in [0.2, 0.25) is 0 Å². The normalized spacial score (nSPS) is 11.7. The first-order chi connectivity index (χ1) is 24.3. The first-order valence-electron chi connectivity index (χ1n) is 16.6. The molecular formula is C46H29NS2. The number of nitrogens with zero attached hydrogens (tertiary/aromatic N) is 1. The molecule has 1 nitrogen and oxygen atoms in total. The molecule has 0 radical (unpaired) electrons.